The van der Waals surface area contributed by atoms with Crippen LogP contribution in [0.2, 0.25) is 0 Å². The number of hydrogen-bond donors (Lipinski definition) is 0. The van der Waals surface area contributed by atoms with Gasteiger partial charge in [-0.2, -0.15) is 10.5 Å². The Kier molecular flexibility index (Phi) is 5.41. The molecule has 6 heteroatoms. The zero-order valence-corrected chi connectivity index (χ0v) is 17.1. The number of thiazole rings is 1. The van der Waals surface area contributed by atoms with Gasteiger partial charge in [0.2, 0.25) is 0 Å². The molecule has 0 aliphatic carbocycles. The van der Waals surface area contributed by atoms with E-state index in [1.54, 1.807) is 6.08 Å². The van der Waals surface area contributed by atoms with E-state index in [1.165, 1.54) is 4.57 Å². The summed E-state index contributed by atoms with van der Waals surface area (Å²) in [5, 5.41) is 18.7. The highest BCUT2D eigenvalue weighted by molar-refractivity contribution is 9.10. The number of hydrogen-bond acceptors (Lipinski definition) is 4. The van der Waals surface area contributed by atoms with E-state index in [4.69, 9.17) is 0 Å². The average molecular weight is 436 g/mol. The normalized spacial score (nSPS) is 11.1. The van der Waals surface area contributed by atoms with Gasteiger partial charge in [0.15, 0.2) is 5.57 Å². The largest absolute Gasteiger partial charge is 0.273 e. The van der Waals surface area contributed by atoms with Gasteiger partial charge in [0.05, 0.1) is 10.2 Å². The molecule has 2 aromatic carbocycles. The van der Waals surface area contributed by atoms with Crippen molar-refractivity contribution in [3.8, 4) is 17.8 Å². The van der Waals surface area contributed by atoms with Crippen molar-refractivity contribution in [2.75, 3.05) is 0 Å². The van der Waals surface area contributed by atoms with E-state index in [-0.39, 0.29) is 11.1 Å². The predicted octanol–water partition coefficient (Wildman–Crippen LogP) is 3.31. The first kappa shape index (κ1) is 18.8. The number of aryl methyl sites for hydroxylation is 2. The number of aromatic nitrogens is 1. The smallest absolute Gasteiger partial charge is 0.267 e. The zero-order valence-electron chi connectivity index (χ0n) is 14.7. The van der Waals surface area contributed by atoms with Crippen LogP contribution < -0.4 is 14.8 Å². The molecule has 3 rings (SSSR count). The number of nitriles is 2. The van der Waals surface area contributed by atoms with Crippen LogP contribution in [-0.2, 0) is 0 Å². The van der Waals surface area contributed by atoms with Crippen molar-refractivity contribution < 1.29 is 0 Å². The van der Waals surface area contributed by atoms with Crippen LogP contribution in [0.5, 0.6) is 0 Å². The summed E-state index contributed by atoms with van der Waals surface area (Å²) in [6.07, 6.45) is 1.77. The van der Waals surface area contributed by atoms with Gasteiger partial charge in [0.25, 0.3) is 5.56 Å². The molecule has 27 heavy (non-hydrogen) atoms. The van der Waals surface area contributed by atoms with Gasteiger partial charge in [-0.1, -0.05) is 45.8 Å². The van der Waals surface area contributed by atoms with Crippen molar-refractivity contribution in [2.24, 2.45) is 0 Å². The summed E-state index contributed by atoms with van der Waals surface area (Å²) in [7, 11) is 0. The SMILES string of the molecule is Cc1ccc(-n2c(=C(C#N)C#N)s/c(=C/c3ccc(Br)cc3)c2=O)c(C)c1. The van der Waals surface area contributed by atoms with E-state index in [0.717, 1.165) is 32.5 Å². The average Bonchev–Trinajstić information content (AvgIpc) is 2.95. The predicted molar refractivity (Wildman–Crippen MR) is 111 cm³/mol. The lowest BCUT2D eigenvalue weighted by Gasteiger charge is -2.07. The molecule has 0 saturated heterocycles. The molecule has 0 aliphatic heterocycles. The van der Waals surface area contributed by atoms with Gasteiger partial charge in [0.1, 0.15) is 16.8 Å². The van der Waals surface area contributed by atoms with Crippen LogP contribution in [0.1, 0.15) is 16.7 Å². The van der Waals surface area contributed by atoms with E-state index in [1.807, 2.05) is 68.5 Å². The van der Waals surface area contributed by atoms with Gasteiger partial charge in [-0.15, -0.1) is 11.3 Å². The lowest BCUT2D eigenvalue weighted by Crippen LogP contribution is -2.31. The second-order valence-electron chi connectivity index (χ2n) is 6.00. The van der Waals surface area contributed by atoms with Gasteiger partial charge >= 0.3 is 0 Å². The summed E-state index contributed by atoms with van der Waals surface area (Å²) >= 11 is 4.54. The summed E-state index contributed by atoms with van der Waals surface area (Å²) in [4.78, 5) is 13.1. The van der Waals surface area contributed by atoms with Gasteiger partial charge in [-0.05, 0) is 49.2 Å². The molecule has 1 heterocycles. The van der Waals surface area contributed by atoms with Crippen molar-refractivity contribution >= 4 is 38.9 Å². The van der Waals surface area contributed by atoms with Crippen molar-refractivity contribution in [3.63, 3.8) is 0 Å². The molecule has 0 unspecified atom stereocenters. The second kappa shape index (κ2) is 7.75. The van der Waals surface area contributed by atoms with Crippen molar-refractivity contribution in [1.29, 1.82) is 10.5 Å². The Bertz CT molecular complexity index is 1270. The molecule has 0 aliphatic rings. The molecule has 0 radical (unpaired) electrons. The fourth-order valence-corrected chi connectivity index (χ4v) is 4.07. The fourth-order valence-electron chi connectivity index (χ4n) is 2.76. The highest BCUT2D eigenvalue weighted by atomic mass is 79.9. The van der Waals surface area contributed by atoms with Gasteiger partial charge in [-0.25, -0.2) is 0 Å². The first-order valence-corrected chi connectivity index (χ1v) is 9.67. The fraction of sp³-hybridized carbons (Fsp3) is 0.0952. The molecule has 3 aromatic rings. The van der Waals surface area contributed by atoms with E-state index in [2.05, 4.69) is 15.9 Å². The van der Waals surface area contributed by atoms with Crippen molar-refractivity contribution in [1.82, 2.24) is 4.57 Å². The van der Waals surface area contributed by atoms with Crippen LogP contribution in [-0.4, -0.2) is 4.57 Å². The highest BCUT2D eigenvalue weighted by Gasteiger charge is 2.13. The first-order valence-electron chi connectivity index (χ1n) is 8.06. The van der Waals surface area contributed by atoms with E-state index >= 15 is 0 Å². The molecule has 0 amide bonds. The third kappa shape index (κ3) is 3.78. The number of halogens is 1. The zero-order chi connectivity index (χ0) is 19.6. The molecule has 0 fully saturated rings. The maximum absolute atomic E-state index is 13.1. The molecule has 0 N–H and O–H groups in total. The Hall–Kier alpha value is -2.93. The lowest BCUT2D eigenvalue weighted by molar-refractivity contribution is 0.973. The summed E-state index contributed by atoms with van der Waals surface area (Å²) < 4.78 is 3.23. The van der Waals surface area contributed by atoms with Crippen molar-refractivity contribution in [2.45, 2.75) is 13.8 Å². The Morgan fingerprint density at radius 3 is 2.37 bits per heavy atom. The first-order chi connectivity index (χ1) is 12.9. The van der Waals surface area contributed by atoms with E-state index in [0.29, 0.717) is 14.9 Å². The quantitative estimate of drug-likeness (QED) is 0.619. The lowest BCUT2D eigenvalue weighted by atomic mass is 10.1. The minimum Gasteiger partial charge on any atom is -0.267 e. The summed E-state index contributed by atoms with van der Waals surface area (Å²) in [5.41, 5.74) is 3.20. The number of benzene rings is 2. The van der Waals surface area contributed by atoms with Crippen LogP contribution in [0.4, 0.5) is 0 Å². The molecule has 4 nitrogen and oxygen atoms in total. The third-order valence-corrected chi connectivity index (χ3v) is 5.64. The monoisotopic (exact) mass is 435 g/mol. The summed E-state index contributed by atoms with van der Waals surface area (Å²) in [6, 6.07) is 17.1. The molecule has 1 aromatic heterocycles. The summed E-state index contributed by atoms with van der Waals surface area (Å²) in [5.74, 6) is 0. The van der Waals surface area contributed by atoms with Gasteiger partial charge < -0.3 is 0 Å². The molecule has 0 spiro atoms. The van der Waals surface area contributed by atoms with E-state index in [9.17, 15) is 15.3 Å². The standard InChI is InChI=1S/C21H14BrN3OS/c1-13-3-8-18(14(2)9-13)25-20(26)19(27-21(25)16(11-23)12-24)10-15-4-6-17(22)7-5-15/h3-10H,1-2H3/b19-10+. The topological polar surface area (TPSA) is 69.6 Å². The Balaban J connectivity index is 2.40. The second-order valence-corrected chi connectivity index (χ2v) is 7.94. The molecule has 0 atom stereocenters. The molecular weight excluding hydrogens is 422 g/mol. The van der Waals surface area contributed by atoms with Crippen LogP contribution in [0.15, 0.2) is 51.7 Å². The Morgan fingerprint density at radius 2 is 1.78 bits per heavy atom. The Morgan fingerprint density at radius 1 is 1.11 bits per heavy atom. The van der Waals surface area contributed by atoms with Crippen molar-refractivity contribution in [3.05, 3.63) is 83.2 Å². The number of rotatable bonds is 2. The van der Waals surface area contributed by atoms with E-state index < -0.39 is 0 Å². The number of nitrogens with zero attached hydrogens (tertiary/aromatic N) is 3. The maximum Gasteiger partial charge on any atom is 0.273 e. The third-order valence-electron chi connectivity index (χ3n) is 4.02. The molecule has 0 saturated carbocycles. The van der Waals surface area contributed by atoms with Crippen LogP contribution in [0.25, 0.3) is 17.3 Å². The molecule has 0 bridgehead atoms. The maximum atomic E-state index is 13.1. The van der Waals surface area contributed by atoms with Gasteiger partial charge in [0, 0.05) is 4.47 Å². The Labute approximate surface area is 168 Å². The van der Waals surface area contributed by atoms with Gasteiger partial charge in [-0.3, -0.25) is 9.36 Å². The summed E-state index contributed by atoms with van der Waals surface area (Å²) in [6.45, 7) is 3.88. The van der Waals surface area contributed by atoms with Crippen LogP contribution >= 0.6 is 27.3 Å². The molecule has 132 valence electrons. The van der Waals surface area contributed by atoms with Crippen LogP contribution in [0.3, 0.4) is 0 Å². The minimum absolute atomic E-state index is 0.0764. The highest BCUT2D eigenvalue weighted by Crippen LogP contribution is 2.14. The molecular formula is C21H14BrN3OS. The van der Waals surface area contributed by atoms with Crippen LogP contribution in [0, 0.1) is 36.5 Å². The minimum atomic E-state index is -0.243.